The molecule has 5 heterocycles. The first-order valence-corrected chi connectivity index (χ1v) is 15.4. The number of carbonyl (C=O) groups is 4. The molecule has 13 nitrogen and oxygen atoms in total. The summed E-state index contributed by atoms with van der Waals surface area (Å²) < 4.78 is 43.4. The van der Waals surface area contributed by atoms with E-state index in [1.807, 2.05) is 30.3 Å². The van der Waals surface area contributed by atoms with Crippen LogP contribution in [0.2, 0.25) is 0 Å². The zero-order valence-electron chi connectivity index (χ0n) is 24.7. The van der Waals surface area contributed by atoms with Gasteiger partial charge in [0.05, 0.1) is 24.2 Å². The Morgan fingerprint density at radius 2 is 1.89 bits per heavy atom. The van der Waals surface area contributed by atoms with Gasteiger partial charge in [-0.15, -0.1) is 16.4 Å². The molecule has 0 saturated carbocycles. The summed E-state index contributed by atoms with van der Waals surface area (Å²) in [6, 6.07) is 8.19. The number of aromatic nitrogens is 5. The molecule has 1 fully saturated rings. The Bertz CT molecular complexity index is 1780. The highest BCUT2D eigenvalue weighted by Crippen LogP contribution is 2.38. The van der Waals surface area contributed by atoms with Crippen molar-refractivity contribution in [3.05, 3.63) is 64.4 Å². The first-order chi connectivity index (χ1) is 22.0. The lowest BCUT2D eigenvalue weighted by molar-refractivity contribution is -0.146. The number of fused-ring (bicyclic) bond motifs is 4. The van der Waals surface area contributed by atoms with Crippen LogP contribution in [0.4, 0.5) is 13.2 Å². The summed E-state index contributed by atoms with van der Waals surface area (Å²) in [6.45, 7) is 0.191. The minimum Gasteiger partial charge on any atom is -0.348 e. The van der Waals surface area contributed by atoms with Gasteiger partial charge in [0.25, 0.3) is 5.91 Å². The predicted molar refractivity (Wildman–Crippen MR) is 158 cm³/mol. The van der Waals surface area contributed by atoms with Crippen molar-refractivity contribution in [2.75, 3.05) is 19.6 Å². The zero-order valence-corrected chi connectivity index (χ0v) is 25.5. The van der Waals surface area contributed by atoms with Crippen molar-refractivity contribution in [1.29, 1.82) is 0 Å². The lowest BCUT2D eigenvalue weighted by Gasteiger charge is -2.41. The van der Waals surface area contributed by atoms with E-state index in [1.165, 1.54) is 22.9 Å². The Hall–Kier alpha value is -4.80. The minimum atomic E-state index is -4.70. The van der Waals surface area contributed by atoms with Crippen LogP contribution in [0.1, 0.15) is 39.5 Å². The lowest BCUT2D eigenvalue weighted by Crippen LogP contribution is -2.64. The molecular weight excluding hydrogens is 627 g/mol. The molecule has 2 atom stereocenters. The van der Waals surface area contributed by atoms with Crippen LogP contribution in [0.5, 0.6) is 0 Å². The second kappa shape index (κ2) is 12.5. The van der Waals surface area contributed by atoms with Crippen LogP contribution < -0.4 is 10.6 Å². The normalized spacial score (nSPS) is 20.1. The van der Waals surface area contributed by atoms with Crippen LogP contribution in [0.25, 0.3) is 10.2 Å². The van der Waals surface area contributed by atoms with Gasteiger partial charge in [0, 0.05) is 44.9 Å². The average Bonchev–Trinajstić information content (AvgIpc) is 3.75. The van der Waals surface area contributed by atoms with Gasteiger partial charge in [-0.1, -0.05) is 35.5 Å². The van der Waals surface area contributed by atoms with Crippen molar-refractivity contribution in [2.24, 2.45) is 7.05 Å². The monoisotopic (exact) mass is 657 g/mol. The largest absolute Gasteiger partial charge is 0.435 e. The number of hydrogen-bond acceptors (Lipinski definition) is 8. The van der Waals surface area contributed by atoms with Crippen molar-refractivity contribution in [3.63, 3.8) is 0 Å². The molecule has 2 bridgehead atoms. The fourth-order valence-electron chi connectivity index (χ4n) is 5.71. The average molecular weight is 658 g/mol. The Balaban J connectivity index is 1.29. The van der Waals surface area contributed by atoms with Gasteiger partial charge in [-0.2, -0.15) is 18.3 Å². The number of benzene rings is 1. The summed E-state index contributed by atoms with van der Waals surface area (Å²) in [4.78, 5) is 57.3. The van der Waals surface area contributed by atoms with Crippen LogP contribution in [-0.4, -0.2) is 89.9 Å². The number of hydrogen-bond donors (Lipinski definition) is 2. The highest BCUT2D eigenvalue weighted by molar-refractivity contribution is 7.20. The summed E-state index contributed by atoms with van der Waals surface area (Å²) in [7, 11) is 1.37. The first kappa shape index (κ1) is 31.2. The third kappa shape index (κ3) is 6.45. The molecule has 46 heavy (non-hydrogen) atoms. The number of aryl methyl sites for hydroxylation is 2. The van der Waals surface area contributed by atoms with Gasteiger partial charge in [-0.25, -0.2) is 0 Å². The van der Waals surface area contributed by atoms with E-state index in [0.717, 1.165) is 21.6 Å². The molecule has 0 unspecified atom stereocenters. The summed E-state index contributed by atoms with van der Waals surface area (Å²) in [5, 5.41) is 17.1. The van der Waals surface area contributed by atoms with Gasteiger partial charge in [0.2, 0.25) is 17.7 Å². The third-order valence-electron chi connectivity index (χ3n) is 7.98. The zero-order chi connectivity index (χ0) is 32.6. The molecule has 2 aliphatic heterocycles. The van der Waals surface area contributed by atoms with Crippen LogP contribution in [0, 0.1) is 0 Å². The molecule has 3 aromatic heterocycles. The van der Waals surface area contributed by atoms with E-state index in [4.69, 9.17) is 0 Å². The van der Waals surface area contributed by atoms with Gasteiger partial charge in [0.1, 0.15) is 22.6 Å². The van der Waals surface area contributed by atoms with E-state index in [0.29, 0.717) is 18.7 Å². The van der Waals surface area contributed by atoms with Crippen LogP contribution >= 0.6 is 11.3 Å². The van der Waals surface area contributed by atoms with Gasteiger partial charge in [-0.3, -0.25) is 28.5 Å². The van der Waals surface area contributed by atoms with Gasteiger partial charge in [-0.05, 0) is 18.1 Å². The molecule has 4 amide bonds. The maximum Gasteiger partial charge on any atom is 0.435 e. The molecule has 4 aromatic rings. The standard InChI is InChI=1S/C29H30F3N9O4S/c1-38-28-19(24(36-38)29(30,31)32)13-22(46-28)27(45)39-10-11-41-21(16-39)25(43)33-14-18-15-40(37-35-18)9-5-8-23(42)34-20(26(41)44)12-17-6-3-2-4-7-17/h2-4,6-7,13,15,20-21H,5,8-12,14,16H2,1H3,(H,33,43)(H,34,42)/t20-,21+/m0/s1. The number of amides is 4. The quantitative estimate of drug-likeness (QED) is 0.341. The van der Waals surface area contributed by atoms with E-state index >= 15 is 0 Å². The molecule has 0 radical (unpaired) electrons. The first-order valence-electron chi connectivity index (χ1n) is 14.6. The molecule has 2 N–H and O–H groups in total. The minimum absolute atomic E-state index is 0.0134. The highest BCUT2D eigenvalue weighted by atomic mass is 32.1. The van der Waals surface area contributed by atoms with Crippen molar-refractivity contribution in [2.45, 2.75) is 50.6 Å². The van der Waals surface area contributed by atoms with Crippen molar-refractivity contribution >= 4 is 45.2 Å². The third-order valence-corrected chi connectivity index (χ3v) is 9.17. The molecule has 17 heteroatoms. The molecule has 1 saturated heterocycles. The van der Waals surface area contributed by atoms with Gasteiger partial charge in [0.15, 0.2) is 5.69 Å². The topological polar surface area (TPSA) is 147 Å². The molecule has 6 rings (SSSR count). The Labute approximate surface area is 264 Å². The van der Waals surface area contributed by atoms with Crippen molar-refractivity contribution < 1.29 is 32.3 Å². The van der Waals surface area contributed by atoms with Crippen LogP contribution in [0.3, 0.4) is 0 Å². The predicted octanol–water partition coefficient (Wildman–Crippen LogP) is 1.74. The van der Waals surface area contributed by atoms with Crippen molar-refractivity contribution in [3.8, 4) is 0 Å². The van der Waals surface area contributed by atoms with E-state index in [2.05, 4.69) is 26.0 Å². The summed E-state index contributed by atoms with van der Waals surface area (Å²) >= 11 is 0.874. The lowest BCUT2D eigenvalue weighted by atomic mass is 10.0. The number of carbonyl (C=O) groups excluding carboxylic acids is 4. The molecule has 242 valence electrons. The smallest absolute Gasteiger partial charge is 0.348 e. The molecule has 0 spiro atoms. The summed E-state index contributed by atoms with van der Waals surface area (Å²) in [5.41, 5.74) is 0.192. The highest BCUT2D eigenvalue weighted by Gasteiger charge is 2.41. The van der Waals surface area contributed by atoms with Gasteiger partial charge < -0.3 is 20.4 Å². The van der Waals surface area contributed by atoms with E-state index in [-0.39, 0.29) is 60.0 Å². The fraction of sp³-hybridized carbons (Fsp3) is 0.414. The molecule has 1 aromatic carbocycles. The van der Waals surface area contributed by atoms with Crippen molar-refractivity contribution in [1.82, 2.24) is 45.2 Å². The SMILES string of the molecule is Cn1nc(C(F)(F)F)c2cc(C(=O)N3CCN4C(=O)[C@H](Cc5ccccc5)NC(=O)CCCn5cc(nn5)CNC(=O)[C@H]4C3)sc21. The molecule has 0 aliphatic carbocycles. The molecular formula is C29H30F3N9O4S. The van der Waals surface area contributed by atoms with E-state index in [1.54, 1.807) is 10.9 Å². The maximum atomic E-state index is 14.1. The summed E-state index contributed by atoms with van der Waals surface area (Å²) in [6.07, 6.45) is -2.28. The maximum absolute atomic E-state index is 14.1. The van der Waals surface area contributed by atoms with Gasteiger partial charge >= 0.3 is 6.18 Å². The number of thiophene rings is 1. The second-order valence-corrected chi connectivity index (χ2v) is 12.2. The number of rotatable bonds is 3. The Morgan fingerprint density at radius 1 is 1.11 bits per heavy atom. The summed E-state index contributed by atoms with van der Waals surface area (Å²) in [5.74, 6) is -1.94. The number of piperazine rings is 1. The second-order valence-electron chi connectivity index (χ2n) is 11.2. The Kier molecular flexibility index (Phi) is 8.50. The number of nitrogens with one attached hydrogen (secondary N) is 2. The number of alkyl halides is 3. The van der Waals surface area contributed by atoms with Crippen LogP contribution in [-0.2, 0) is 47.1 Å². The number of nitrogens with zero attached hydrogens (tertiary/aromatic N) is 7. The van der Waals surface area contributed by atoms with Crippen LogP contribution in [0.15, 0.2) is 42.6 Å². The number of halogens is 3. The molecule has 2 aliphatic rings. The fourth-order valence-corrected chi connectivity index (χ4v) is 6.75. The van der Waals surface area contributed by atoms with E-state index in [9.17, 15) is 32.3 Å². The Morgan fingerprint density at radius 3 is 2.65 bits per heavy atom. The van der Waals surface area contributed by atoms with E-state index < -0.39 is 41.7 Å².